The third kappa shape index (κ3) is 2.10. The van der Waals surface area contributed by atoms with Gasteiger partial charge >= 0.3 is 0 Å². The van der Waals surface area contributed by atoms with Crippen LogP contribution in [-0.4, -0.2) is 14.2 Å². The van der Waals surface area contributed by atoms with Crippen LogP contribution in [0.2, 0.25) is 0 Å². The van der Waals surface area contributed by atoms with Gasteiger partial charge in [-0.25, -0.2) is 5.84 Å². The van der Waals surface area contributed by atoms with Crippen LogP contribution in [0.3, 0.4) is 0 Å². The van der Waals surface area contributed by atoms with Crippen molar-refractivity contribution < 1.29 is 0 Å². The lowest BCUT2D eigenvalue weighted by Gasteiger charge is -2.04. The molecule has 7 heteroatoms. The number of nitrogen functional groups attached to an aromatic ring is 1. The van der Waals surface area contributed by atoms with Crippen molar-refractivity contribution in [3.63, 3.8) is 0 Å². The summed E-state index contributed by atoms with van der Waals surface area (Å²) in [6, 6.07) is 3.45. The molecule has 0 aliphatic heterocycles. The van der Waals surface area contributed by atoms with Gasteiger partial charge in [0.2, 0.25) is 0 Å². The Morgan fingerprint density at radius 2 is 2.44 bits per heavy atom. The molecule has 2 aromatic heterocycles. The highest BCUT2D eigenvalue weighted by Gasteiger charge is 2.07. The Morgan fingerprint density at radius 3 is 3.12 bits per heavy atom. The van der Waals surface area contributed by atoms with E-state index in [1.807, 2.05) is 13.0 Å². The zero-order valence-electron chi connectivity index (χ0n) is 8.67. The highest BCUT2D eigenvalue weighted by molar-refractivity contribution is 7.10. The fourth-order valence-electron chi connectivity index (χ4n) is 1.32. The lowest BCUT2D eigenvalue weighted by molar-refractivity contribution is 0.734. The normalized spacial score (nSPS) is 10.4. The van der Waals surface area contributed by atoms with E-state index in [4.69, 9.17) is 5.84 Å². The van der Waals surface area contributed by atoms with Gasteiger partial charge in [-0.1, -0.05) is 4.49 Å². The average Bonchev–Trinajstić information content (AvgIpc) is 2.69. The zero-order chi connectivity index (χ0) is 11.5. The first-order chi connectivity index (χ1) is 7.70. The number of pyridine rings is 1. The van der Waals surface area contributed by atoms with Crippen molar-refractivity contribution in [1.29, 1.82) is 0 Å². The molecule has 84 valence electrons. The Morgan fingerprint density at radius 1 is 1.62 bits per heavy atom. The fourth-order valence-corrected chi connectivity index (χ4v) is 1.80. The molecule has 0 atom stereocenters. The summed E-state index contributed by atoms with van der Waals surface area (Å²) >= 11 is 1.17. The first kappa shape index (κ1) is 10.8. The number of nitrogens with zero attached hydrogens (tertiary/aromatic N) is 3. The molecule has 2 heterocycles. The minimum absolute atomic E-state index is 0.0593. The van der Waals surface area contributed by atoms with E-state index in [9.17, 15) is 4.79 Å². The van der Waals surface area contributed by atoms with Crippen LogP contribution in [0.4, 0.5) is 5.00 Å². The highest BCUT2D eigenvalue weighted by Crippen LogP contribution is 2.16. The number of aromatic nitrogens is 3. The van der Waals surface area contributed by atoms with Gasteiger partial charge in [-0.3, -0.25) is 4.79 Å². The lowest BCUT2D eigenvalue weighted by atomic mass is 10.3. The average molecular weight is 237 g/mol. The molecule has 0 fully saturated rings. The summed E-state index contributed by atoms with van der Waals surface area (Å²) in [6.07, 6.45) is 1.73. The quantitative estimate of drug-likeness (QED) is 0.594. The van der Waals surface area contributed by atoms with E-state index in [-0.39, 0.29) is 5.56 Å². The van der Waals surface area contributed by atoms with Crippen molar-refractivity contribution >= 4 is 16.5 Å². The van der Waals surface area contributed by atoms with E-state index in [1.54, 1.807) is 16.8 Å². The second kappa shape index (κ2) is 4.42. The Bertz CT molecular complexity index is 547. The summed E-state index contributed by atoms with van der Waals surface area (Å²) in [4.78, 5) is 11.6. The van der Waals surface area contributed by atoms with Crippen LogP contribution in [0.5, 0.6) is 0 Å². The van der Waals surface area contributed by atoms with Crippen LogP contribution in [0.15, 0.2) is 23.1 Å². The second-order valence-electron chi connectivity index (χ2n) is 3.36. The maximum atomic E-state index is 11.6. The van der Waals surface area contributed by atoms with Crippen LogP contribution in [0, 0.1) is 6.92 Å². The number of nitrogens with two attached hydrogens (primary N) is 1. The number of rotatable bonds is 3. The van der Waals surface area contributed by atoms with E-state index < -0.39 is 0 Å². The third-order valence-electron chi connectivity index (χ3n) is 2.16. The van der Waals surface area contributed by atoms with Gasteiger partial charge in [-0.2, -0.15) is 0 Å². The van der Waals surface area contributed by atoms with Crippen molar-refractivity contribution in [1.82, 2.24) is 14.2 Å². The molecule has 0 saturated carbocycles. The molecule has 0 amide bonds. The van der Waals surface area contributed by atoms with Gasteiger partial charge in [0.25, 0.3) is 5.56 Å². The SMILES string of the molecule is Cc1ccn(Cc2nnsc2NN)c(=O)c1. The summed E-state index contributed by atoms with van der Waals surface area (Å²) < 4.78 is 5.33. The number of nitrogens with one attached hydrogen (secondary N) is 1. The Hall–Kier alpha value is -1.73. The maximum absolute atomic E-state index is 11.6. The minimum Gasteiger partial charge on any atom is -0.313 e. The predicted octanol–water partition coefficient (Wildman–Crippen LogP) is 0.342. The number of hydrazine groups is 1. The molecule has 0 aliphatic rings. The first-order valence-corrected chi connectivity index (χ1v) is 5.43. The van der Waals surface area contributed by atoms with Crippen LogP contribution in [-0.2, 0) is 6.54 Å². The largest absolute Gasteiger partial charge is 0.313 e. The van der Waals surface area contributed by atoms with Gasteiger partial charge in [0, 0.05) is 23.8 Å². The molecule has 2 aromatic rings. The van der Waals surface area contributed by atoms with Crippen molar-refractivity contribution in [3.05, 3.63) is 39.9 Å². The van der Waals surface area contributed by atoms with E-state index in [2.05, 4.69) is 15.0 Å². The predicted molar refractivity (Wildman–Crippen MR) is 62.3 cm³/mol. The molecule has 16 heavy (non-hydrogen) atoms. The van der Waals surface area contributed by atoms with Crippen LogP contribution < -0.4 is 16.8 Å². The van der Waals surface area contributed by atoms with E-state index >= 15 is 0 Å². The zero-order valence-corrected chi connectivity index (χ0v) is 9.49. The smallest absolute Gasteiger partial charge is 0.251 e. The topological polar surface area (TPSA) is 85.8 Å². The minimum atomic E-state index is -0.0593. The first-order valence-electron chi connectivity index (χ1n) is 4.65. The lowest BCUT2D eigenvalue weighted by Crippen LogP contribution is -2.20. The van der Waals surface area contributed by atoms with Gasteiger partial charge < -0.3 is 9.99 Å². The van der Waals surface area contributed by atoms with Gasteiger partial charge in [-0.15, -0.1) is 5.10 Å². The fraction of sp³-hybridized carbons (Fsp3) is 0.222. The van der Waals surface area contributed by atoms with Crippen LogP contribution in [0.25, 0.3) is 0 Å². The van der Waals surface area contributed by atoms with Crippen molar-refractivity contribution in [3.8, 4) is 0 Å². The second-order valence-corrected chi connectivity index (χ2v) is 4.12. The molecule has 0 unspecified atom stereocenters. The van der Waals surface area contributed by atoms with Gasteiger partial charge in [0.1, 0.15) is 10.7 Å². The van der Waals surface area contributed by atoms with Crippen molar-refractivity contribution in [2.24, 2.45) is 5.84 Å². The van der Waals surface area contributed by atoms with E-state index in [0.717, 1.165) is 5.56 Å². The van der Waals surface area contributed by atoms with Gasteiger partial charge in [-0.05, 0) is 18.6 Å². The molecule has 0 radical (unpaired) electrons. The molecule has 2 rings (SSSR count). The maximum Gasteiger partial charge on any atom is 0.251 e. The van der Waals surface area contributed by atoms with E-state index in [0.29, 0.717) is 17.2 Å². The monoisotopic (exact) mass is 237 g/mol. The summed E-state index contributed by atoms with van der Waals surface area (Å²) in [7, 11) is 0. The van der Waals surface area contributed by atoms with Crippen LogP contribution >= 0.6 is 11.5 Å². The van der Waals surface area contributed by atoms with Gasteiger partial charge in [0.15, 0.2) is 0 Å². The third-order valence-corrected chi connectivity index (χ3v) is 2.86. The molecule has 0 aliphatic carbocycles. The summed E-state index contributed by atoms with van der Waals surface area (Å²) in [5, 5.41) is 4.59. The molecule has 0 aromatic carbocycles. The van der Waals surface area contributed by atoms with Crippen molar-refractivity contribution in [2.45, 2.75) is 13.5 Å². The number of anilines is 1. The van der Waals surface area contributed by atoms with Gasteiger partial charge in [0.05, 0.1) is 6.54 Å². The standard InChI is InChI=1S/C9H11N5OS/c1-6-2-3-14(8(15)4-6)5-7-9(11-10)16-13-12-7/h2-4,11H,5,10H2,1H3. The molecule has 0 spiro atoms. The summed E-state index contributed by atoms with van der Waals surface area (Å²) in [5.74, 6) is 5.30. The molecule has 6 nitrogen and oxygen atoms in total. The van der Waals surface area contributed by atoms with Crippen LogP contribution in [0.1, 0.15) is 11.3 Å². The number of aryl methyl sites for hydroxylation is 1. The molecular formula is C9H11N5OS. The van der Waals surface area contributed by atoms with Crippen molar-refractivity contribution in [2.75, 3.05) is 5.43 Å². The molecular weight excluding hydrogens is 226 g/mol. The number of hydrogen-bond donors (Lipinski definition) is 2. The molecule has 0 saturated heterocycles. The summed E-state index contributed by atoms with van der Waals surface area (Å²) in [5.41, 5.74) is 4.05. The molecule has 3 N–H and O–H groups in total. The number of hydrogen-bond acceptors (Lipinski definition) is 6. The Labute approximate surface area is 95.9 Å². The Balaban J connectivity index is 2.31. The molecule has 0 bridgehead atoms. The van der Waals surface area contributed by atoms with E-state index in [1.165, 1.54) is 11.5 Å². The summed E-state index contributed by atoms with van der Waals surface area (Å²) in [6.45, 7) is 2.25. The highest BCUT2D eigenvalue weighted by atomic mass is 32.1. The Kier molecular flexibility index (Phi) is 2.97.